The lowest BCUT2D eigenvalue weighted by atomic mass is 10.0. The molecule has 2 heterocycles. The van der Waals surface area contributed by atoms with E-state index >= 15 is 0 Å². The second-order valence-corrected chi connectivity index (χ2v) is 9.62. The summed E-state index contributed by atoms with van der Waals surface area (Å²) >= 11 is 0. The van der Waals surface area contributed by atoms with Gasteiger partial charge in [-0.15, -0.1) is 0 Å². The summed E-state index contributed by atoms with van der Waals surface area (Å²) in [5.41, 5.74) is 1.44. The number of hydrogen-bond donors (Lipinski definition) is 0. The Hall–Kier alpha value is -3.52. The molecule has 6 nitrogen and oxygen atoms in total. The molecule has 1 spiro atoms. The fraction of sp³-hybridized carbons (Fsp3) is 0.130. The van der Waals surface area contributed by atoms with Gasteiger partial charge in [0, 0.05) is 11.3 Å². The van der Waals surface area contributed by atoms with Gasteiger partial charge >= 0.3 is 0 Å². The van der Waals surface area contributed by atoms with Crippen LogP contribution in [0, 0.1) is 5.82 Å². The number of nitrogens with zero attached hydrogens (tertiary/aromatic N) is 2. The highest BCUT2D eigenvalue weighted by Gasteiger charge is 2.69. The van der Waals surface area contributed by atoms with Crippen molar-refractivity contribution in [3.63, 3.8) is 0 Å². The number of carbonyl (C=O) groups is 2. The van der Waals surface area contributed by atoms with Crippen LogP contribution in [0.25, 0.3) is 0 Å². The third-order valence-electron chi connectivity index (χ3n) is 5.67. The molecule has 1 atom stereocenters. The summed E-state index contributed by atoms with van der Waals surface area (Å²) in [7, 11) is -4.27. The number of amides is 2. The summed E-state index contributed by atoms with van der Waals surface area (Å²) in [6.07, 6.45) is 0. The molecule has 0 aliphatic carbocycles. The summed E-state index contributed by atoms with van der Waals surface area (Å²) in [6, 6.07) is 20.8. The van der Waals surface area contributed by atoms with Gasteiger partial charge in [0.2, 0.25) is 5.91 Å². The van der Waals surface area contributed by atoms with Crippen molar-refractivity contribution in [2.75, 3.05) is 15.6 Å². The highest BCUT2D eigenvalue weighted by Crippen LogP contribution is 2.52. The molecule has 0 N–H and O–H groups in total. The van der Waals surface area contributed by atoms with Crippen LogP contribution in [0.3, 0.4) is 0 Å². The smallest absolute Gasteiger partial charge is 0.274 e. The van der Waals surface area contributed by atoms with Gasteiger partial charge in [-0.25, -0.2) is 12.8 Å². The molecule has 0 saturated carbocycles. The molecule has 156 valence electrons. The molecular weight excluding hydrogens is 419 g/mol. The quantitative estimate of drug-likeness (QED) is 0.633. The van der Waals surface area contributed by atoms with E-state index in [1.54, 1.807) is 24.3 Å². The van der Waals surface area contributed by atoms with Gasteiger partial charge < -0.3 is 4.90 Å². The Balaban J connectivity index is 1.76. The number of fused-ring (bicyclic) bond motifs is 2. The van der Waals surface area contributed by atoms with E-state index in [4.69, 9.17) is 0 Å². The van der Waals surface area contributed by atoms with Crippen LogP contribution >= 0.6 is 0 Å². The summed E-state index contributed by atoms with van der Waals surface area (Å²) in [5.74, 6) is -2.98. The van der Waals surface area contributed by atoms with Gasteiger partial charge in [0.05, 0.1) is 12.2 Å². The first-order valence-electron chi connectivity index (χ1n) is 9.62. The Kier molecular flexibility index (Phi) is 4.23. The molecular formula is C23H17FN2O4S. The number of anilines is 2. The minimum atomic E-state index is -4.27. The lowest BCUT2D eigenvalue weighted by molar-refractivity contribution is -0.123. The third kappa shape index (κ3) is 2.64. The summed E-state index contributed by atoms with van der Waals surface area (Å²) in [5, 5.41) is 0. The molecule has 0 bridgehead atoms. The van der Waals surface area contributed by atoms with E-state index in [0.717, 1.165) is 16.5 Å². The topological polar surface area (TPSA) is 74.8 Å². The Morgan fingerprint density at radius 1 is 0.903 bits per heavy atom. The first-order valence-corrected chi connectivity index (χ1v) is 11.3. The van der Waals surface area contributed by atoms with E-state index in [1.807, 2.05) is 30.3 Å². The monoisotopic (exact) mass is 436 g/mol. The number of hydrogen-bond acceptors (Lipinski definition) is 4. The molecule has 1 fully saturated rings. The van der Waals surface area contributed by atoms with E-state index in [0.29, 0.717) is 5.69 Å². The van der Waals surface area contributed by atoms with E-state index < -0.39 is 38.1 Å². The zero-order valence-corrected chi connectivity index (χ0v) is 17.0. The molecule has 0 unspecified atom stereocenters. The van der Waals surface area contributed by atoms with Crippen molar-refractivity contribution in [1.82, 2.24) is 0 Å². The number of carbonyl (C=O) groups excluding carboxylic acids is 2. The second kappa shape index (κ2) is 6.75. The average molecular weight is 436 g/mol. The molecule has 2 aliphatic rings. The van der Waals surface area contributed by atoms with Crippen LogP contribution in [0.1, 0.15) is 11.1 Å². The molecule has 0 radical (unpaired) electrons. The molecule has 2 aliphatic heterocycles. The summed E-state index contributed by atoms with van der Waals surface area (Å²) < 4.78 is 40.9. The van der Waals surface area contributed by atoms with E-state index in [1.165, 1.54) is 23.1 Å². The fourth-order valence-corrected chi connectivity index (χ4v) is 6.46. The molecule has 31 heavy (non-hydrogen) atoms. The normalized spacial score (nSPS) is 21.7. The maximum Gasteiger partial charge on any atom is 0.274 e. The predicted molar refractivity (Wildman–Crippen MR) is 113 cm³/mol. The molecule has 1 saturated heterocycles. The average Bonchev–Trinajstić information content (AvgIpc) is 3.12. The van der Waals surface area contributed by atoms with E-state index in [-0.39, 0.29) is 17.8 Å². The van der Waals surface area contributed by atoms with Crippen LogP contribution in [0.4, 0.5) is 15.8 Å². The van der Waals surface area contributed by atoms with Crippen LogP contribution in [-0.4, -0.2) is 26.0 Å². The van der Waals surface area contributed by atoms with Gasteiger partial charge in [-0.3, -0.25) is 14.5 Å². The maximum atomic E-state index is 14.0. The number of rotatable bonds is 3. The zero-order valence-electron chi connectivity index (χ0n) is 16.2. The van der Waals surface area contributed by atoms with Gasteiger partial charge in [0.25, 0.3) is 10.8 Å². The summed E-state index contributed by atoms with van der Waals surface area (Å²) in [6.45, 7) is 0.138. The maximum absolute atomic E-state index is 14.0. The van der Waals surface area contributed by atoms with Crippen molar-refractivity contribution in [1.29, 1.82) is 0 Å². The largest absolute Gasteiger partial charge is 0.304 e. The number of benzene rings is 3. The SMILES string of the molecule is O=C1CS(=O)(=O)[C@]2(C(=O)N(Cc3ccccc3)c3ccccc32)N1c1cccc(F)c1. The Morgan fingerprint density at radius 2 is 1.61 bits per heavy atom. The molecule has 5 rings (SSSR count). The van der Waals surface area contributed by atoms with Gasteiger partial charge in [0.1, 0.15) is 11.6 Å². The van der Waals surface area contributed by atoms with Crippen molar-refractivity contribution in [3.05, 3.63) is 95.8 Å². The lowest BCUT2D eigenvalue weighted by Gasteiger charge is -2.32. The minimum Gasteiger partial charge on any atom is -0.304 e. The lowest BCUT2D eigenvalue weighted by Crippen LogP contribution is -2.54. The second-order valence-electron chi connectivity index (χ2n) is 7.51. The molecule has 8 heteroatoms. The van der Waals surface area contributed by atoms with Crippen molar-refractivity contribution < 1.29 is 22.4 Å². The van der Waals surface area contributed by atoms with Gasteiger partial charge in [-0.2, -0.15) is 0 Å². The Labute approximate surface area is 178 Å². The highest BCUT2D eigenvalue weighted by atomic mass is 32.2. The molecule has 3 aromatic carbocycles. The van der Waals surface area contributed by atoms with Crippen LogP contribution in [-0.2, 0) is 30.8 Å². The van der Waals surface area contributed by atoms with Gasteiger partial charge in [-0.05, 0) is 29.8 Å². The summed E-state index contributed by atoms with van der Waals surface area (Å²) in [4.78, 5) is 26.9. The first kappa shape index (κ1) is 19.4. The van der Waals surface area contributed by atoms with E-state index in [9.17, 15) is 22.4 Å². The van der Waals surface area contributed by atoms with Crippen molar-refractivity contribution in [2.24, 2.45) is 0 Å². The first-order chi connectivity index (χ1) is 14.9. The van der Waals surface area contributed by atoms with Crippen molar-refractivity contribution >= 4 is 33.0 Å². The van der Waals surface area contributed by atoms with Gasteiger partial charge in [0.15, 0.2) is 9.84 Å². The Morgan fingerprint density at radius 3 is 2.35 bits per heavy atom. The number of sulfone groups is 1. The third-order valence-corrected chi connectivity index (χ3v) is 7.78. The molecule has 2 amide bonds. The Bertz CT molecular complexity index is 1330. The van der Waals surface area contributed by atoms with E-state index in [2.05, 4.69) is 0 Å². The number of para-hydroxylation sites is 1. The number of halogens is 1. The van der Waals surface area contributed by atoms with Crippen LogP contribution in [0.15, 0.2) is 78.9 Å². The predicted octanol–water partition coefficient (Wildman–Crippen LogP) is 2.99. The zero-order chi connectivity index (χ0) is 21.8. The molecule has 3 aromatic rings. The fourth-order valence-electron chi connectivity index (χ4n) is 4.43. The van der Waals surface area contributed by atoms with Crippen LogP contribution in [0.5, 0.6) is 0 Å². The molecule has 0 aromatic heterocycles. The van der Waals surface area contributed by atoms with Crippen molar-refractivity contribution in [3.8, 4) is 0 Å². The van der Waals surface area contributed by atoms with Crippen molar-refractivity contribution in [2.45, 2.75) is 11.4 Å². The highest BCUT2D eigenvalue weighted by molar-refractivity contribution is 7.94. The van der Waals surface area contributed by atoms with Crippen LogP contribution < -0.4 is 9.80 Å². The standard InChI is InChI=1S/C23H17FN2O4S/c24-17-9-6-10-18(13-17)26-21(27)15-31(29,30)23(26)19-11-4-5-12-20(19)25(22(23)28)14-16-7-2-1-3-8-16/h1-13H,14-15H2/t23-/m1/s1. The minimum absolute atomic E-state index is 0.0239. The van der Waals surface area contributed by atoms with Crippen LogP contribution in [0.2, 0.25) is 0 Å². The van der Waals surface area contributed by atoms with Gasteiger partial charge in [-0.1, -0.05) is 54.6 Å².